The number of rotatable bonds is 8. The molecule has 0 spiro atoms. The van der Waals surface area contributed by atoms with Crippen molar-refractivity contribution in [1.29, 1.82) is 0 Å². The Hall–Kier alpha value is -0.580. The number of carbonyl (C=O) groups is 3. The fourth-order valence-electron chi connectivity index (χ4n) is 0.786. The zero-order chi connectivity index (χ0) is 14.1. The zero-order valence-electron chi connectivity index (χ0n) is 9.49. The predicted octanol–water partition coefficient (Wildman–Crippen LogP) is -0.328. The van der Waals surface area contributed by atoms with E-state index in [1.165, 1.54) is 28.5 Å². The number of amides is 1. The molecule has 10 heteroatoms. The van der Waals surface area contributed by atoms with Crippen molar-refractivity contribution in [3.05, 3.63) is 0 Å². The minimum absolute atomic E-state index is 0.197. The first-order valence-corrected chi connectivity index (χ1v) is 7.59. The molecule has 0 heterocycles. The minimum atomic E-state index is -1.09. The third kappa shape index (κ3) is 7.69. The summed E-state index contributed by atoms with van der Waals surface area (Å²) >= 11 is 3.37. The number of aliphatic carboxylic acids is 1. The first-order valence-electron chi connectivity index (χ1n) is 4.73. The average Bonchev–Trinajstić information content (AvgIpc) is 2.30. The van der Waals surface area contributed by atoms with Gasteiger partial charge in [-0.15, -0.1) is 0 Å². The van der Waals surface area contributed by atoms with Gasteiger partial charge in [0.05, 0.1) is 0 Å². The molecule has 0 fully saturated rings. The van der Waals surface area contributed by atoms with Crippen LogP contribution in [0.15, 0.2) is 0 Å². The highest BCUT2D eigenvalue weighted by Crippen LogP contribution is 2.23. The maximum atomic E-state index is 11.2. The van der Waals surface area contributed by atoms with Crippen molar-refractivity contribution in [3.63, 3.8) is 0 Å². The van der Waals surface area contributed by atoms with Gasteiger partial charge < -0.3 is 20.3 Å². The van der Waals surface area contributed by atoms with Crippen LogP contribution in [0.3, 0.4) is 0 Å². The molecule has 0 saturated heterocycles. The Morgan fingerprint density at radius 1 is 1.39 bits per heavy atom. The van der Waals surface area contributed by atoms with Gasteiger partial charge >= 0.3 is 11.9 Å². The summed E-state index contributed by atoms with van der Waals surface area (Å²) in [4.78, 5) is 32.5. The highest BCUT2D eigenvalue weighted by molar-refractivity contribution is 8.76. The molecular weight excluding hydrogens is 300 g/mol. The van der Waals surface area contributed by atoms with Gasteiger partial charge in [-0.3, -0.25) is 9.59 Å². The lowest BCUT2D eigenvalue weighted by molar-refractivity contribution is -0.138. The molecule has 0 saturated carbocycles. The second-order valence-corrected chi connectivity index (χ2v) is 5.91. The monoisotopic (exact) mass is 314 g/mol. The smallest absolute Gasteiger partial charge is 0.341 e. The molecule has 0 aromatic carbocycles. The molecule has 4 N–H and O–H groups in total. The molecule has 2 atom stereocenters. The highest BCUT2D eigenvalue weighted by atomic mass is 33.1. The Kier molecular flexibility index (Phi) is 9.06. The van der Waals surface area contributed by atoms with Crippen LogP contribution in [-0.4, -0.2) is 46.5 Å². The van der Waals surface area contributed by atoms with E-state index in [4.69, 9.17) is 10.8 Å². The molecule has 0 aliphatic carbocycles. The molecule has 0 aromatic rings. The molecule has 0 radical (unpaired) electrons. The topological polar surface area (TPSA) is 119 Å². The molecule has 0 aromatic heterocycles. The van der Waals surface area contributed by atoms with Crippen LogP contribution in [0, 0.1) is 0 Å². The quantitative estimate of drug-likeness (QED) is 0.208. The first kappa shape index (κ1) is 17.4. The van der Waals surface area contributed by atoms with E-state index in [0.717, 1.165) is 0 Å². The molecule has 7 nitrogen and oxygen atoms in total. The lowest BCUT2D eigenvalue weighted by Crippen LogP contribution is -2.41. The molecular formula is C8H14N2O5S3. The average molecular weight is 314 g/mol. The van der Waals surface area contributed by atoms with Gasteiger partial charge in [-0.1, -0.05) is 21.6 Å². The normalized spacial score (nSPS) is 13.5. The second kappa shape index (κ2) is 9.36. The number of nitrogens with two attached hydrogens (primary N) is 1. The van der Waals surface area contributed by atoms with Gasteiger partial charge in [0.15, 0.2) is 0 Å². The van der Waals surface area contributed by atoms with Crippen LogP contribution in [0.1, 0.15) is 6.92 Å². The van der Waals surface area contributed by atoms with E-state index >= 15 is 0 Å². The number of carboxylic acids is 1. The number of nitrogens with one attached hydrogen (secondary N) is 1. The van der Waals surface area contributed by atoms with Crippen molar-refractivity contribution < 1.29 is 23.7 Å². The lowest BCUT2D eigenvalue weighted by Gasteiger charge is -2.14. The molecule has 0 aliphatic heterocycles. The van der Waals surface area contributed by atoms with Gasteiger partial charge in [0, 0.05) is 31.3 Å². The molecule has 104 valence electrons. The fraction of sp³-hybridized carbons (Fsp3) is 0.625. The van der Waals surface area contributed by atoms with Gasteiger partial charge in [0.1, 0.15) is 12.1 Å². The Labute approximate surface area is 118 Å². The van der Waals surface area contributed by atoms with Gasteiger partial charge in [-0.25, -0.2) is 4.79 Å². The summed E-state index contributed by atoms with van der Waals surface area (Å²) in [6.45, 7) is 1.27. The van der Waals surface area contributed by atoms with Crippen molar-refractivity contribution in [2.75, 3.05) is 11.5 Å². The Morgan fingerprint density at radius 3 is 2.39 bits per heavy atom. The third-order valence-corrected chi connectivity index (χ3v) is 4.26. The van der Waals surface area contributed by atoms with E-state index in [0.29, 0.717) is 0 Å². The van der Waals surface area contributed by atoms with Crippen LogP contribution in [0.5, 0.6) is 0 Å². The highest BCUT2D eigenvalue weighted by Gasteiger charge is 2.21. The van der Waals surface area contributed by atoms with Crippen molar-refractivity contribution in [1.82, 2.24) is 5.32 Å². The fourth-order valence-corrected chi connectivity index (χ4v) is 3.18. The van der Waals surface area contributed by atoms with Crippen LogP contribution < -0.4 is 11.1 Å². The standard InChI is InChI=1S/C8H14N2O5S3/c1-4(11)10-6(8(14)15-16)3-18-17-2-5(9)7(12)13/h5-6,16H,2-3,9H2,1H3,(H,10,11)(H,12,13)/t5-,6-/m0/s1. The van der Waals surface area contributed by atoms with Crippen LogP contribution in [-0.2, 0) is 18.6 Å². The largest absolute Gasteiger partial charge is 0.480 e. The molecule has 1 amide bonds. The molecule has 0 aliphatic rings. The van der Waals surface area contributed by atoms with Gasteiger partial charge in [0.2, 0.25) is 5.91 Å². The number of hydrogen-bond acceptors (Lipinski definition) is 8. The van der Waals surface area contributed by atoms with Crippen LogP contribution in [0.25, 0.3) is 0 Å². The summed E-state index contributed by atoms with van der Waals surface area (Å²) in [6, 6.07) is -1.78. The van der Waals surface area contributed by atoms with Crippen LogP contribution in [0.4, 0.5) is 0 Å². The predicted molar refractivity (Wildman–Crippen MR) is 73.2 cm³/mol. The summed E-state index contributed by atoms with van der Waals surface area (Å²) < 4.78 is 4.23. The summed E-state index contributed by atoms with van der Waals surface area (Å²) in [6.07, 6.45) is 0. The summed E-state index contributed by atoms with van der Waals surface area (Å²) in [7, 11) is 2.42. The second-order valence-electron chi connectivity index (χ2n) is 3.18. The molecule has 18 heavy (non-hydrogen) atoms. The summed E-state index contributed by atoms with van der Waals surface area (Å²) in [5.41, 5.74) is 5.29. The van der Waals surface area contributed by atoms with E-state index in [1.54, 1.807) is 0 Å². The van der Waals surface area contributed by atoms with Crippen LogP contribution >= 0.6 is 34.5 Å². The Morgan fingerprint density at radius 2 is 1.94 bits per heavy atom. The number of hydrogen-bond donors (Lipinski definition) is 4. The van der Waals surface area contributed by atoms with Gasteiger partial charge in [0.25, 0.3) is 0 Å². The summed E-state index contributed by atoms with van der Waals surface area (Å²) in [5, 5.41) is 10.9. The number of carbonyl (C=O) groups excluding carboxylic acids is 2. The number of carboxylic acid groups (broad SMARTS) is 1. The maximum Gasteiger partial charge on any atom is 0.341 e. The van der Waals surface area contributed by atoms with Crippen molar-refractivity contribution in [2.24, 2.45) is 5.73 Å². The van der Waals surface area contributed by atoms with E-state index in [9.17, 15) is 14.4 Å². The Balaban J connectivity index is 4.00. The summed E-state index contributed by atoms with van der Waals surface area (Å²) in [5.74, 6) is -1.70. The third-order valence-electron chi connectivity index (χ3n) is 1.63. The van der Waals surface area contributed by atoms with E-state index in [-0.39, 0.29) is 17.4 Å². The first-order chi connectivity index (χ1) is 8.38. The minimum Gasteiger partial charge on any atom is -0.480 e. The Bertz CT molecular complexity index is 315. The van der Waals surface area contributed by atoms with Crippen molar-refractivity contribution in [3.8, 4) is 0 Å². The van der Waals surface area contributed by atoms with Crippen molar-refractivity contribution in [2.45, 2.75) is 19.0 Å². The van der Waals surface area contributed by atoms with Gasteiger partial charge in [-0.2, -0.15) is 0 Å². The van der Waals surface area contributed by atoms with Gasteiger partial charge in [-0.05, 0) is 0 Å². The van der Waals surface area contributed by atoms with E-state index in [2.05, 4.69) is 22.4 Å². The van der Waals surface area contributed by atoms with Crippen molar-refractivity contribution >= 4 is 52.3 Å². The zero-order valence-corrected chi connectivity index (χ0v) is 12.0. The maximum absolute atomic E-state index is 11.2. The molecule has 0 unspecified atom stereocenters. The van der Waals surface area contributed by atoms with Crippen LogP contribution in [0.2, 0.25) is 0 Å². The molecule has 0 rings (SSSR count). The lowest BCUT2D eigenvalue weighted by atomic mass is 10.3. The number of thiol groups is 1. The van der Waals surface area contributed by atoms with E-state index < -0.39 is 24.0 Å². The SMILES string of the molecule is CC(=O)N[C@@H](CSSC[C@H](N)C(=O)O)C(=O)OS. The molecule has 0 bridgehead atoms. The van der Waals surface area contributed by atoms with E-state index in [1.807, 2.05) is 0 Å².